The molecule has 0 aliphatic heterocycles. The number of rotatable bonds is 12. The second-order valence-corrected chi connectivity index (χ2v) is 10.4. The van der Waals surface area contributed by atoms with E-state index in [9.17, 15) is 13.2 Å². The number of ether oxygens (including phenoxy) is 2. The highest BCUT2D eigenvalue weighted by atomic mass is 35.5. The van der Waals surface area contributed by atoms with E-state index < -0.39 is 15.9 Å². The van der Waals surface area contributed by atoms with Gasteiger partial charge in [-0.05, 0) is 73.0 Å². The van der Waals surface area contributed by atoms with Crippen LogP contribution in [0.2, 0.25) is 5.02 Å². The third-order valence-electron chi connectivity index (χ3n) is 5.20. The summed E-state index contributed by atoms with van der Waals surface area (Å²) >= 11 is 6.22. The Balaban J connectivity index is 1.69. The molecule has 37 heavy (non-hydrogen) atoms. The fourth-order valence-electron chi connectivity index (χ4n) is 3.39. The zero-order valence-corrected chi connectivity index (χ0v) is 22.6. The van der Waals surface area contributed by atoms with Crippen molar-refractivity contribution < 1.29 is 22.7 Å². The minimum Gasteiger partial charge on any atom is -0.490 e. The van der Waals surface area contributed by atoms with Gasteiger partial charge in [0.05, 0.1) is 37.9 Å². The number of nitrogens with one attached hydrogen (secondary N) is 1. The van der Waals surface area contributed by atoms with E-state index in [2.05, 4.69) is 10.5 Å². The molecule has 0 aromatic heterocycles. The summed E-state index contributed by atoms with van der Waals surface area (Å²) in [5, 5.41) is 4.51. The topological polar surface area (TPSA) is 97.3 Å². The van der Waals surface area contributed by atoms with Crippen LogP contribution >= 0.6 is 11.6 Å². The quantitative estimate of drug-likeness (QED) is 0.248. The Hall–Kier alpha value is -3.56. The van der Waals surface area contributed by atoms with Gasteiger partial charge in [-0.3, -0.25) is 9.10 Å². The zero-order valence-electron chi connectivity index (χ0n) is 21.0. The maximum Gasteiger partial charge on any atom is 0.271 e. The number of hydrogen-bond acceptors (Lipinski definition) is 6. The third kappa shape index (κ3) is 7.96. The third-order valence-corrected chi connectivity index (χ3v) is 6.71. The molecule has 0 atom stereocenters. The SMILES string of the molecule is CCCOc1ccc(C=NNC(=O)c2ccc(N(Cc3ccccc3Cl)S(C)(=O)=O)cc2)cc1OCC. The summed E-state index contributed by atoms with van der Waals surface area (Å²) in [5.74, 6) is 0.824. The van der Waals surface area contributed by atoms with E-state index in [1.165, 1.54) is 22.7 Å². The van der Waals surface area contributed by atoms with Crippen molar-refractivity contribution in [3.63, 3.8) is 0 Å². The number of halogens is 1. The lowest BCUT2D eigenvalue weighted by atomic mass is 10.2. The van der Waals surface area contributed by atoms with Gasteiger partial charge < -0.3 is 9.47 Å². The Labute approximate surface area is 222 Å². The Morgan fingerprint density at radius 1 is 1.03 bits per heavy atom. The molecule has 0 unspecified atom stereocenters. The molecule has 0 radical (unpaired) electrons. The van der Waals surface area contributed by atoms with E-state index in [1.807, 2.05) is 19.9 Å². The average molecular weight is 544 g/mol. The molecule has 8 nitrogen and oxygen atoms in total. The summed E-state index contributed by atoms with van der Waals surface area (Å²) in [6.45, 7) is 5.07. The number of nitrogens with zero attached hydrogens (tertiary/aromatic N) is 2. The summed E-state index contributed by atoms with van der Waals surface area (Å²) in [6.07, 6.45) is 3.52. The molecule has 3 aromatic carbocycles. The van der Waals surface area contributed by atoms with Crippen LogP contribution < -0.4 is 19.2 Å². The zero-order chi connectivity index (χ0) is 26.8. The molecule has 10 heteroatoms. The number of hydrogen-bond donors (Lipinski definition) is 1. The molecule has 3 rings (SSSR count). The largest absolute Gasteiger partial charge is 0.490 e. The van der Waals surface area contributed by atoms with E-state index >= 15 is 0 Å². The molecule has 0 fully saturated rings. The van der Waals surface area contributed by atoms with Gasteiger partial charge in [0.1, 0.15) is 0 Å². The minimum absolute atomic E-state index is 0.0698. The van der Waals surface area contributed by atoms with Gasteiger partial charge in [0, 0.05) is 10.6 Å². The van der Waals surface area contributed by atoms with Crippen molar-refractivity contribution in [1.82, 2.24) is 5.43 Å². The second kappa shape index (κ2) is 13.1. The van der Waals surface area contributed by atoms with Gasteiger partial charge in [-0.1, -0.05) is 36.7 Å². The van der Waals surface area contributed by atoms with Crippen LogP contribution in [0.5, 0.6) is 11.5 Å². The first-order valence-corrected chi connectivity index (χ1v) is 14.0. The lowest BCUT2D eigenvalue weighted by Crippen LogP contribution is -2.29. The predicted octanol–water partition coefficient (Wildman–Crippen LogP) is 5.26. The molecule has 0 aliphatic rings. The van der Waals surface area contributed by atoms with Crippen LogP contribution in [0.15, 0.2) is 71.8 Å². The predicted molar refractivity (Wildman–Crippen MR) is 147 cm³/mol. The van der Waals surface area contributed by atoms with Gasteiger partial charge in [0.15, 0.2) is 11.5 Å². The molecule has 0 saturated carbocycles. The van der Waals surface area contributed by atoms with Crippen molar-refractivity contribution in [2.75, 3.05) is 23.8 Å². The molecule has 0 aliphatic carbocycles. The lowest BCUT2D eigenvalue weighted by Gasteiger charge is -2.23. The number of amides is 1. The first kappa shape index (κ1) is 28.0. The smallest absolute Gasteiger partial charge is 0.271 e. The van der Waals surface area contributed by atoms with Crippen molar-refractivity contribution >= 4 is 39.4 Å². The van der Waals surface area contributed by atoms with Crippen molar-refractivity contribution in [3.8, 4) is 11.5 Å². The number of anilines is 1. The second-order valence-electron chi connectivity index (χ2n) is 8.09. The van der Waals surface area contributed by atoms with Crippen LogP contribution in [0.25, 0.3) is 0 Å². The monoisotopic (exact) mass is 543 g/mol. The highest BCUT2D eigenvalue weighted by molar-refractivity contribution is 7.92. The van der Waals surface area contributed by atoms with Gasteiger partial charge >= 0.3 is 0 Å². The van der Waals surface area contributed by atoms with Crippen LogP contribution in [-0.4, -0.2) is 40.0 Å². The number of carbonyl (C=O) groups is 1. The molecule has 1 N–H and O–H groups in total. The molecule has 1 amide bonds. The van der Waals surface area contributed by atoms with Gasteiger partial charge in [0.25, 0.3) is 5.91 Å². The van der Waals surface area contributed by atoms with Crippen LogP contribution in [0.4, 0.5) is 5.69 Å². The maximum atomic E-state index is 12.6. The Morgan fingerprint density at radius 2 is 1.76 bits per heavy atom. The van der Waals surface area contributed by atoms with Crippen LogP contribution in [0.3, 0.4) is 0 Å². The van der Waals surface area contributed by atoms with Crippen LogP contribution in [0, 0.1) is 0 Å². The van der Waals surface area contributed by atoms with E-state index in [0.29, 0.717) is 46.5 Å². The molecule has 3 aromatic rings. The fourth-order valence-corrected chi connectivity index (χ4v) is 4.47. The summed E-state index contributed by atoms with van der Waals surface area (Å²) in [5.41, 5.74) is 4.62. The Morgan fingerprint density at radius 3 is 2.41 bits per heavy atom. The van der Waals surface area contributed by atoms with Crippen molar-refractivity contribution in [1.29, 1.82) is 0 Å². The van der Waals surface area contributed by atoms with E-state index in [0.717, 1.165) is 18.2 Å². The Bertz CT molecular complexity index is 1340. The minimum atomic E-state index is -3.60. The molecular formula is C27H30ClN3O5S. The van der Waals surface area contributed by atoms with E-state index in [1.54, 1.807) is 48.5 Å². The Kier molecular flexibility index (Phi) is 9.93. The van der Waals surface area contributed by atoms with Gasteiger partial charge in [0.2, 0.25) is 10.0 Å². The van der Waals surface area contributed by atoms with Crippen molar-refractivity contribution in [2.24, 2.45) is 5.10 Å². The first-order valence-electron chi connectivity index (χ1n) is 11.8. The maximum absolute atomic E-state index is 12.6. The summed E-state index contributed by atoms with van der Waals surface area (Å²) in [4.78, 5) is 12.6. The van der Waals surface area contributed by atoms with Crippen LogP contribution in [0.1, 0.15) is 41.8 Å². The molecule has 196 valence electrons. The highest BCUT2D eigenvalue weighted by Gasteiger charge is 2.19. The summed E-state index contributed by atoms with van der Waals surface area (Å²) < 4.78 is 37.5. The highest BCUT2D eigenvalue weighted by Crippen LogP contribution is 2.28. The normalized spacial score (nSPS) is 11.4. The fraction of sp³-hybridized carbons (Fsp3) is 0.259. The number of sulfonamides is 1. The number of benzene rings is 3. The molecular weight excluding hydrogens is 514 g/mol. The summed E-state index contributed by atoms with van der Waals surface area (Å²) in [6, 6.07) is 18.7. The molecule has 0 spiro atoms. The average Bonchev–Trinajstić information content (AvgIpc) is 2.87. The van der Waals surface area contributed by atoms with E-state index in [-0.39, 0.29) is 6.54 Å². The lowest BCUT2D eigenvalue weighted by molar-refractivity contribution is 0.0955. The van der Waals surface area contributed by atoms with Gasteiger partial charge in [-0.2, -0.15) is 5.10 Å². The van der Waals surface area contributed by atoms with Gasteiger partial charge in [-0.25, -0.2) is 13.8 Å². The van der Waals surface area contributed by atoms with E-state index in [4.69, 9.17) is 21.1 Å². The van der Waals surface area contributed by atoms with Gasteiger partial charge in [-0.15, -0.1) is 0 Å². The number of hydrazone groups is 1. The van der Waals surface area contributed by atoms with Crippen molar-refractivity contribution in [3.05, 3.63) is 88.4 Å². The summed E-state index contributed by atoms with van der Waals surface area (Å²) in [7, 11) is -3.60. The molecule has 0 heterocycles. The first-order chi connectivity index (χ1) is 17.7. The standard InChI is InChI=1S/C27H30ClN3O5S/c1-4-16-36-25-15-10-20(17-26(25)35-5-2)18-29-30-27(32)21-11-13-23(14-12-21)31(37(3,33)34)19-22-8-6-7-9-24(22)28/h6-15,17-18H,4-5,16,19H2,1-3H3,(H,30,32). The molecule has 0 bridgehead atoms. The van der Waals surface area contributed by atoms with Crippen molar-refractivity contribution in [2.45, 2.75) is 26.8 Å². The molecule has 0 saturated heterocycles. The van der Waals surface area contributed by atoms with Crippen LogP contribution in [-0.2, 0) is 16.6 Å². The number of carbonyl (C=O) groups excluding carboxylic acids is 1.